The van der Waals surface area contributed by atoms with E-state index in [2.05, 4.69) is 27.4 Å². The molecule has 0 saturated carbocycles. The predicted molar refractivity (Wildman–Crippen MR) is 96.1 cm³/mol. The number of nitrogens with zero attached hydrogens (tertiary/aromatic N) is 3. The number of aromatic nitrogens is 2. The minimum Gasteiger partial charge on any atom is -0.486 e. The third-order valence-electron chi connectivity index (χ3n) is 4.25. The Balaban J connectivity index is 0.00000182. The molecule has 1 atom stereocenters. The zero-order valence-corrected chi connectivity index (χ0v) is 14.8. The third-order valence-corrected chi connectivity index (χ3v) is 4.25. The number of hydrogen-bond donors (Lipinski definition) is 1. The van der Waals surface area contributed by atoms with Crippen LogP contribution in [-0.4, -0.2) is 54.9 Å². The van der Waals surface area contributed by atoms with Gasteiger partial charge in [-0.3, -0.25) is 4.90 Å². The summed E-state index contributed by atoms with van der Waals surface area (Å²) in [7, 11) is 2.08. The molecule has 2 aliphatic heterocycles. The number of hydrogen-bond acceptors (Lipinski definition) is 7. The smallest absolute Gasteiger partial charge is 0.250 e. The van der Waals surface area contributed by atoms with Crippen LogP contribution in [0.2, 0.25) is 0 Å². The van der Waals surface area contributed by atoms with Gasteiger partial charge in [0.25, 0.3) is 5.89 Å². The van der Waals surface area contributed by atoms with Crippen molar-refractivity contribution in [2.75, 3.05) is 39.9 Å². The molecular weight excluding hydrogens is 344 g/mol. The predicted octanol–water partition coefficient (Wildman–Crippen LogP) is 2.01. The minimum atomic E-state index is 0. The fourth-order valence-electron chi connectivity index (χ4n) is 2.88. The van der Waals surface area contributed by atoms with Gasteiger partial charge in [-0.05, 0) is 30.8 Å². The van der Waals surface area contributed by atoms with Gasteiger partial charge in [0.15, 0.2) is 17.3 Å². The van der Waals surface area contributed by atoms with Crippen LogP contribution in [0.4, 0.5) is 0 Å². The Hall–Kier alpha value is -2.09. The van der Waals surface area contributed by atoms with Gasteiger partial charge in [-0.1, -0.05) is 11.2 Å². The lowest BCUT2D eigenvalue weighted by molar-refractivity contribution is 0.171. The maximum atomic E-state index is 5.59. The van der Waals surface area contributed by atoms with E-state index < -0.39 is 0 Å². The van der Waals surface area contributed by atoms with Gasteiger partial charge in [0.2, 0.25) is 0 Å². The van der Waals surface area contributed by atoms with Gasteiger partial charge >= 0.3 is 0 Å². The Morgan fingerprint density at radius 2 is 2.04 bits per heavy atom. The van der Waals surface area contributed by atoms with Crippen molar-refractivity contribution in [1.82, 2.24) is 20.4 Å². The van der Waals surface area contributed by atoms with Gasteiger partial charge in [0, 0.05) is 25.7 Å². The highest BCUT2D eigenvalue weighted by atomic mass is 35.5. The first-order valence-corrected chi connectivity index (χ1v) is 8.12. The third kappa shape index (κ3) is 3.95. The summed E-state index contributed by atoms with van der Waals surface area (Å²) in [5.74, 6) is 2.77. The topological polar surface area (TPSA) is 72.7 Å². The van der Waals surface area contributed by atoms with Crippen LogP contribution >= 0.6 is 12.4 Å². The molecule has 1 fully saturated rings. The summed E-state index contributed by atoms with van der Waals surface area (Å²) in [4.78, 5) is 6.72. The standard InChI is InChI=1S/C17H20N4O3.ClH/c1-21-7-6-18-11-13(21)17-19-16(24-20-17)5-3-12-2-4-14-15(10-12)23-9-8-22-14;/h2-5,10,13,18H,6-9,11H2,1H3;1H/b5-3+;. The van der Waals surface area contributed by atoms with Crippen LogP contribution in [-0.2, 0) is 0 Å². The Bertz CT molecular complexity index is 749. The molecular formula is C17H21ClN4O3. The van der Waals surface area contributed by atoms with Crippen LogP contribution < -0.4 is 14.8 Å². The molecule has 2 aliphatic rings. The van der Waals surface area contributed by atoms with Gasteiger partial charge in [-0.15, -0.1) is 12.4 Å². The van der Waals surface area contributed by atoms with Gasteiger partial charge < -0.3 is 19.3 Å². The Morgan fingerprint density at radius 3 is 2.88 bits per heavy atom. The molecule has 0 aliphatic carbocycles. The summed E-state index contributed by atoms with van der Waals surface area (Å²) >= 11 is 0. The summed E-state index contributed by atoms with van der Waals surface area (Å²) in [5.41, 5.74) is 0.996. The van der Waals surface area contributed by atoms with Crippen LogP contribution in [0.15, 0.2) is 22.7 Å². The van der Waals surface area contributed by atoms with Gasteiger partial charge in [-0.25, -0.2) is 0 Å². The number of likely N-dealkylation sites (N-methyl/N-ethyl adjacent to an activating group) is 1. The summed E-state index contributed by atoms with van der Waals surface area (Å²) < 4.78 is 16.5. The zero-order chi connectivity index (χ0) is 16.4. The highest BCUT2D eigenvalue weighted by Gasteiger charge is 2.24. The average molecular weight is 365 g/mol. The van der Waals surface area contributed by atoms with Crippen molar-refractivity contribution < 1.29 is 14.0 Å². The largest absolute Gasteiger partial charge is 0.486 e. The second kappa shape index (κ2) is 7.86. The molecule has 0 bridgehead atoms. The molecule has 3 heterocycles. The molecule has 1 saturated heterocycles. The Morgan fingerprint density at radius 1 is 1.20 bits per heavy atom. The molecule has 7 nitrogen and oxygen atoms in total. The van der Waals surface area contributed by atoms with E-state index in [4.69, 9.17) is 14.0 Å². The summed E-state index contributed by atoms with van der Waals surface area (Å²) in [6, 6.07) is 5.98. The number of benzene rings is 1. The lowest BCUT2D eigenvalue weighted by atomic mass is 10.2. The molecule has 4 rings (SSSR count). The Kier molecular flexibility index (Phi) is 5.57. The molecule has 25 heavy (non-hydrogen) atoms. The van der Waals surface area contributed by atoms with Crippen LogP contribution in [0.3, 0.4) is 0 Å². The highest BCUT2D eigenvalue weighted by molar-refractivity contribution is 5.85. The molecule has 8 heteroatoms. The van der Waals surface area contributed by atoms with E-state index in [1.54, 1.807) is 0 Å². The molecule has 0 radical (unpaired) electrons. The lowest BCUT2D eigenvalue weighted by Crippen LogP contribution is -2.44. The van der Waals surface area contributed by atoms with Gasteiger partial charge in [0.1, 0.15) is 13.2 Å². The normalized spacial score (nSPS) is 20.4. The molecule has 1 unspecified atom stereocenters. The van der Waals surface area contributed by atoms with E-state index in [1.807, 2.05) is 30.4 Å². The van der Waals surface area contributed by atoms with E-state index in [-0.39, 0.29) is 18.4 Å². The summed E-state index contributed by atoms with van der Waals surface area (Å²) in [6.45, 7) is 3.97. The van der Waals surface area contributed by atoms with Crippen molar-refractivity contribution in [1.29, 1.82) is 0 Å². The molecule has 1 N–H and O–H groups in total. The number of piperazine rings is 1. The number of nitrogens with one attached hydrogen (secondary N) is 1. The second-order valence-corrected chi connectivity index (χ2v) is 5.93. The Labute approximate surface area is 152 Å². The fraction of sp³-hybridized carbons (Fsp3) is 0.412. The van der Waals surface area contributed by atoms with Crippen molar-refractivity contribution in [3.63, 3.8) is 0 Å². The number of ether oxygens (including phenoxy) is 2. The quantitative estimate of drug-likeness (QED) is 0.893. The fourth-order valence-corrected chi connectivity index (χ4v) is 2.88. The number of rotatable bonds is 3. The summed E-state index contributed by atoms with van der Waals surface area (Å²) in [6.07, 6.45) is 3.75. The van der Waals surface area contributed by atoms with E-state index in [9.17, 15) is 0 Å². The van der Waals surface area contributed by atoms with Crippen LogP contribution in [0.25, 0.3) is 12.2 Å². The van der Waals surface area contributed by atoms with Gasteiger partial charge in [-0.2, -0.15) is 4.98 Å². The lowest BCUT2D eigenvalue weighted by Gasteiger charge is -2.30. The van der Waals surface area contributed by atoms with Crippen molar-refractivity contribution in [2.45, 2.75) is 6.04 Å². The molecule has 1 aromatic carbocycles. The van der Waals surface area contributed by atoms with Crippen molar-refractivity contribution in [2.24, 2.45) is 0 Å². The molecule has 0 spiro atoms. The molecule has 2 aromatic rings. The minimum absolute atomic E-state index is 0. The maximum absolute atomic E-state index is 5.59. The molecule has 1 aromatic heterocycles. The monoisotopic (exact) mass is 364 g/mol. The van der Waals surface area contributed by atoms with Crippen LogP contribution in [0.5, 0.6) is 11.5 Å². The molecule has 134 valence electrons. The van der Waals surface area contributed by atoms with E-state index in [1.165, 1.54) is 0 Å². The van der Waals surface area contributed by atoms with E-state index >= 15 is 0 Å². The van der Waals surface area contributed by atoms with Crippen LogP contribution in [0.1, 0.15) is 23.3 Å². The maximum Gasteiger partial charge on any atom is 0.250 e. The van der Waals surface area contributed by atoms with Crippen LogP contribution in [0, 0.1) is 0 Å². The summed E-state index contributed by atoms with van der Waals surface area (Å²) in [5, 5.41) is 7.46. The van der Waals surface area contributed by atoms with E-state index in [0.29, 0.717) is 24.9 Å². The second-order valence-electron chi connectivity index (χ2n) is 5.93. The first-order chi connectivity index (χ1) is 11.8. The first-order valence-electron chi connectivity index (χ1n) is 8.12. The van der Waals surface area contributed by atoms with Crippen molar-refractivity contribution in [3.8, 4) is 11.5 Å². The first kappa shape index (κ1) is 17.7. The van der Waals surface area contributed by atoms with Crippen molar-refractivity contribution in [3.05, 3.63) is 35.5 Å². The number of halogens is 1. The highest BCUT2D eigenvalue weighted by Crippen LogP contribution is 2.31. The van der Waals surface area contributed by atoms with Gasteiger partial charge in [0.05, 0.1) is 6.04 Å². The van der Waals surface area contributed by atoms with E-state index in [0.717, 1.165) is 36.7 Å². The zero-order valence-electron chi connectivity index (χ0n) is 14.0. The molecule has 0 amide bonds. The SMILES string of the molecule is CN1CCNCC1c1noc(/C=C/c2ccc3c(c2)OCCO3)n1.Cl. The average Bonchev–Trinajstić information content (AvgIpc) is 3.09. The van der Waals surface area contributed by atoms with Crippen molar-refractivity contribution >= 4 is 24.6 Å². The number of fused-ring (bicyclic) bond motifs is 1.